The molecule has 0 bridgehead atoms. The highest BCUT2D eigenvalue weighted by Gasteiger charge is 2.48. The summed E-state index contributed by atoms with van der Waals surface area (Å²) in [5.41, 5.74) is 2.61. The van der Waals surface area contributed by atoms with Crippen molar-refractivity contribution >= 4 is 16.8 Å². The summed E-state index contributed by atoms with van der Waals surface area (Å²) in [6.07, 6.45) is 8.91. The van der Waals surface area contributed by atoms with Crippen molar-refractivity contribution in [1.29, 1.82) is 0 Å². The number of hydrogen-bond donors (Lipinski definition) is 1. The van der Waals surface area contributed by atoms with Gasteiger partial charge < -0.3 is 14.6 Å². The summed E-state index contributed by atoms with van der Waals surface area (Å²) < 4.78 is 8.11. The van der Waals surface area contributed by atoms with Gasteiger partial charge in [0.2, 0.25) is 5.91 Å². The predicted octanol–water partition coefficient (Wildman–Crippen LogP) is 4.61. The van der Waals surface area contributed by atoms with Gasteiger partial charge in [-0.2, -0.15) is 0 Å². The third-order valence-electron chi connectivity index (χ3n) is 8.71. The lowest BCUT2D eigenvalue weighted by atomic mass is 9.74. The maximum absolute atomic E-state index is 13.4. The van der Waals surface area contributed by atoms with Crippen LogP contribution in [0.1, 0.15) is 82.9 Å². The zero-order chi connectivity index (χ0) is 24.2. The van der Waals surface area contributed by atoms with Gasteiger partial charge in [-0.25, -0.2) is 0 Å². The lowest BCUT2D eigenvalue weighted by Crippen LogP contribution is -2.48. The molecule has 6 nitrogen and oxygen atoms in total. The topological polar surface area (TPSA) is 73.2 Å². The highest BCUT2D eigenvalue weighted by atomic mass is 16.5. The standard InChI is InChI=1S/C28H39N3O3/c1-16-9-10-20(30-26(32)21-8-6-7-18-14-28(3,4)34-25(18)21)13-22(16)23-12-19-15-29-17(2)11-24(19)31(5)27(23)33/h11-12,15-16,18,20-22,25H,6-10,13-14H2,1-5H3,(H,30,32). The quantitative estimate of drug-likeness (QED) is 0.718. The largest absolute Gasteiger partial charge is 0.371 e. The van der Waals surface area contributed by atoms with E-state index in [0.717, 1.165) is 60.7 Å². The molecule has 0 spiro atoms. The molecule has 2 aliphatic carbocycles. The SMILES string of the molecule is Cc1cc2c(cn1)cc(C1CC(NC(=O)C3CCCC4CC(C)(C)OC43)CCC1C)c(=O)n2C. The number of hydrogen-bond acceptors (Lipinski definition) is 4. The number of carbonyl (C=O) groups excluding carboxylic acids is 1. The highest BCUT2D eigenvalue weighted by molar-refractivity contribution is 5.80. The smallest absolute Gasteiger partial charge is 0.254 e. The number of nitrogens with one attached hydrogen (secondary N) is 1. The molecule has 2 saturated carbocycles. The van der Waals surface area contributed by atoms with E-state index in [9.17, 15) is 9.59 Å². The van der Waals surface area contributed by atoms with Crippen LogP contribution in [0, 0.1) is 24.7 Å². The molecule has 2 aromatic heterocycles. The van der Waals surface area contributed by atoms with E-state index in [4.69, 9.17) is 4.74 Å². The number of amides is 1. The van der Waals surface area contributed by atoms with Crippen molar-refractivity contribution in [2.24, 2.45) is 24.8 Å². The number of ether oxygens (including phenoxy) is 1. The van der Waals surface area contributed by atoms with E-state index in [-0.39, 0.29) is 41.0 Å². The molecule has 5 rings (SSSR count). The molecular weight excluding hydrogens is 426 g/mol. The first-order chi connectivity index (χ1) is 16.1. The number of nitrogens with zero attached hydrogens (tertiary/aromatic N) is 2. The fourth-order valence-electron chi connectivity index (χ4n) is 6.93. The summed E-state index contributed by atoms with van der Waals surface area (Å²) in [4.78, 5) is 31.2. The van der Waals surface area contributed by atoms with Crippen molar-refractivity contribution < 1.29 is 9.53 Å². The Morgan fingerprint density at radius 2 is 2.00 bits per heavy atom. The van der Waals surface area contributed by atoms with Crippen LogP contribution in [-0.2, 0) is 16.6 Å². The van der Waals surface area contributed by atoms with Crippen LogP contribution in [-0.4, -0.2) is 33.2 Å². The van der Waals surface area contributed by atoms with E-state index >= 15 is 0 Å². The summed E-state index contributed by atoms with van der Waals surface area (Å²) in [7, 11) is 1.85. The first-order valence-electron chi connectivity index (χ1n) is 13.1. The van der Waals surface area contributed by atoms with Gasteiger partial charge >= 0.3 is 0 Å². The zero-order valence-electron chi connectivity index (χ0n) is 21.3. The van der Waals surface area contributed by atoms with Gasteiger partial charge in [0.05, 0.1) is 23.1 Å². The normalized spacial score (nSPS) is 33.0. The van der Waals surface area contributed by atoms with Crippen LogP contribution in [0.2, 0.25) is 0 Å². The van der Waals surface area contributed by atoms with Gasteiger partial charge in [0.1, 0.15) is 0 Å². The second-order valence-corrected chi connectivity index (χ2v) is 11.8. The Hall–Kier alpha value is -2.21. The second kappa shape index (κ2) is 8.78. The van der Waals surface area contributed by atoms with Crippen molar-refractivity contribution in [3.63, 3.8) is 0 Å². The van der Waals surface area contributed by atoms with Crippen LogP contribution in [0.15, 0.2) is 23.1 Å². The maximum atomic E-state index is 13.4. The monoisotopic (exact) mass is 465 g/mol. The molecular formula is C28H39N3O3. The third-order valence-corrected chi connectivity index (χ3v) is 8.71. The minimum absolute atomic E-state index is 0.0470. The van der Waals surface area contributed by atoms with Gasteiger partial charge in [0.25, 0.3) is 5.56 Å². The predicted molar refractivity (Wildman–Crippen MR) is 134 cm³/mol. The molecule has 3 fully saturated rings. The number of aromatic nitrogens is 2. The molecule has 0 aromatic carbocycles. The van der Waals surface area contributed by atoms with Gasteiger partial charge in [-0.1, -0.05) is 13.3 Å². The lowest BCUT2D eigenvalue weighted by molar-refractivity contribution is -0.136. The van der Waals surface area contributed by atoms with Crippen LogP contribution in [0.5, 0.6) is 0 Å². The average Bonchev–Trinajstić information content (AvgIpc) is 3.11. The molecule has 1 saturated heterocycles. The second-order valence-electron chi connectivity index (χ2n) is 11.8. The van der Waals surface area contributed by atoms with E-state index in [1.54, 1.807) is 4.57 Å². The molecule has 1 amide bonds. The average molecular weight is 466 g/mol. The molecule has 0 radical (unpaired) electrons. The van der Waals surface area contributed by atoms with E-state index < -0.39 is 0 Å². The number of aryl methyl sites for hydroxylation is 2. The van der Waals surface area contributed by atoms with Gasteiger partial charge in [0.15, 0.2) is 0 Å². The van der Waals surface area contributed by atoms with Gasteiger partial charge in [0, 0.05) is 35.9 Å². The van der Waals surface area contributed by atoms with Crippen molar-refractivity contribution in [2.45, 2.75) is 96.3 Å². The first kappa shape index (κ1) is 23.5. The van der Waals surface area contributed by atoms with Crippen molar-refractivity contribution in [3.8, 4) is 0 Å². The van der Waals surface area contributed by atoms with E-state index in [2.05, 4.69) is 31.1 Å². The Balaban J connectivity index is 1.34. The van der Waals surface area contributed by atoms with Crippen LogP contribution in [0.25, 0.3) is 10.9 Å². The number of rotatable bonds is 3. The van der Waals surface area contributed by atoms with Crippen molar-refractivity contribution in [2.75, 3.05) is 0 Å². The molecule has 6 heteroatoms. The Kier molecular flexibility index (Phi) is 6.07. The summed E-state index contributed by atoms with van der Waals surface area (Å²) in [6, 6.07) is 4.10. The molecule has 1 aliphatic heterocycles. The Labute approximate surface area is 202 Å². The third kappa shape index (κ3) is 4.30. The minimum atomic E-state index is -0.132. The molecule has 34 heavy (non-hydrogen) atoms. The molecule has 1 N–H and O–H groups in total. The van der Waals surface area contributed by atoms with E-state index in [1.807, 2.05) is 32.3 Å². The Morgan fingerprint density at radius 1 is 1.21 bits per heavy atom. The Morgan fingerprint density at radius 3 is 2.79 bits per heavy atom. The minimum Gasteiger partial charge on any atom is -0.371 e. The molecule has 3 heterocycles. The van der Waals surface area contributed by atoms with Crippen molar-refractivity contribution in [1.82, 2.24) is 14.9 Å². The summed E-state index contributed by atoms with van der Waals surface area (Å²) in [5, 5.41) is 4.38. The maximum Gasteiger partial charge on any atom is 0.254 e. The van der Waals surface area contributed by atoms with Gasteiger partial charge in [-0.3, -0.25) is 14.6 Å². The lowest BCUT2D eigenvalue weighted by Gasteiger charge is -2.37. The van der Waals surface area contributed by atoms with Crippen LogP contribution in [0.4, 0.5) is 0 Å². The van der Waals surface area contributed by atoms with Gasteiger partial charge in [-0.05, 0) is 89.2 Å². The molecule has 6 unspecified atom stereocenters. The highest BCUT2D eigenvalue weighted by Crippen LogP contribution is 2.45. The van der Waals surface area contributed by atoms with Gasteiger partial charge in [-0.15, -0.1) is 0 Å². The first-order valence-corrected chi connectivity index (χ1v) is 13.1. The molecule has 184 valence electrons. The number of carbonyl (C=O) groups is 1. The van der Waals surface area contributed by atoms with Crippen LogP contribution < -0.4 is 10.9 Å². The summed E-state index contributed by atoms with van der Waals surface area (Å²) >= 11 is 0. The number of pyridine rings is 2. The fraction of sp³-hybridized carbons (Fsp3) is 0.679. The Bertz CT molecular complexity index is 1150. The van der Waals surface area contributed by atoms with Crippen LogP contribution >= 0.6 is 0 Å². The van der Waals surface area contributed by atoms with Crippen molar-refractivity contribution in [3.05, 3.63) is 39.9 Å². The summed E-state index contributed by atoms with van der Waals surface area (Å²) in [5.74, 6) is 1.12. The molecule has 2 aromatic rings. The van der Waals surface area contributed by atoms with Crippen LogP contribution in [0.3, 0.4) is 0 Å². The summed E-state index contributed by atoms with van der Waals surface area (Å²) in [6.45, 7) is 8.48. The van der Waals surface area contributed by atoms with E-state index in [1.165, 1.54) is 6.42 Å². The number of fused-ring (bicyclic) bond motifs is 2. The van der Waals surface area contributed by atoms with E-state index in [0.29, 0.717) is 11.8 Å². The fourth-order valence-corrected chi connectivity index (χ4v) is 6.93. The molecule has 3 aliphatic rings. The zero-order valence-corrected chi connectivity index (χ0v) is 21.3. The molecule has 6 atom stereocenters.